The maximum absolute atomic E-state index is 12.0. The molecular formula is C29H36N2O4. The second-order valence-corrected chi connectivity index (χ2v) is 8.69. The van der Waals surface area contributed by atoms with Crippen molar-refractivity contribution in [1.82, 2.24) is 9.97 Å². The molecule has 3 rings (SSSR count). The summed E-state index contributed by atoms with van der Waals surface area (Å²) in [7, 11) is 0. The van der Waals surface area contributed by atoms with Crippen molar-refractivity contribution in [2.75, 3.05) is 13.2 Å². The van der Waals surface area contributed by atoms with Crippen molar-refractivity contribution in [3.63, 3.8) is 0 Å². The van der Waals surface area contributed by atoms with E-state index in [1.165, 1.54) is 18.4 Å². The van der Waals surface area contributed by atoms with Crippen molar-refractivity contribution in [3.8, 4) is 28.3 Å². The lowest BCUT2D eigenvalue weighted by molar-refractivity contribution is -0.162. The highest BCUT2D eigenvalue weighted by molar-refractivity contribution is 5.74. The number of hydrogen-bond donors (Lipinski definition) is 0. The van der Waals surface area contributed by atoms with Crippen LogP contribution in [0.3, 0.4) is 0 Å². The first-order chi connectivity index (χ1) is 17.0. The number of aryl methyl sites for hydroxylation is 1. The van der Waals surface area contributed by atoms with Crippen LogP contribution in [0.5, 0.6) is 5.75 Å². The molecule has 0 saturated carbocycles. The molecule has 6 heteroatoms. The van der Waals surface area contributed by atoms with Crippen molar-refractivity contribution in [1.29, 1.82) is 0 Å². The highest BCUT2D eigenvalue weighted by Gasteiger charge is 2.18. The van der Waals surface area contributed by atoms with Crippen LogP contribution >= 0.6 is 0 Å². The van der Waals surface area contributed by atoms with E-state index in [1.807, 2.05) is 43.6 Å². The number of carbonyl (C=O) groups excluding carboxylic acids is 1. The number of rotatable bonds is 13. The molecule has 0 bridgehead atoms. The zero-order valence-corrected chi connectivity index (χ0v) is 21.2. The predicted octanol–water partition coefficient (Wildman–Crippen LogP) is 6.28. The van der Waals surface area contributed by atoms with Gasteiger partial charge in [0, 0.05) is 30.1 Å². The summed E-state index contributed by atoms with van der Waals surface area (Å²) in [4.78, 5) is 21.1. The first-order valence-electron chi connectivity index (χ1n) is 12.5. The number of unbranched alkanes of at least 4 members (excludes halogenated alkanes) is 1. The third-order valence-corrected chi connectivity index (χ3v) is 5.58. The molecule has 186 valence electrons. The van der Waals surface area contributed by atoms with Gasteiger partial charge in [0.25, 0.3) is 0 Å². The Morgan fingerprint density at radius 3 is 2.14 bits per heavy atom. The molecular weight excluding hydrogens is 440 g/mol. The number of hydrogen-bond acceptors (Lipinski definition) is 6. The fraction of sp³-hybridized carbons (Fsp3) is 0.414. The molecule has 0 radical (unpaired) electrons. The molecule has 2 atom stereocenters. The van der Waals surface area contributed by atoms with Crippen molar-refractivity contribution < 1.29 is 19.0 Å². The molecule has 35 heavy (non-hydrogen) atoms. The number of nitrogens with zero attached hydrogens (tertiary/aromatic N) is 2. The molecule has 2 unspecified atom stereocenters. The van der Waals surface area contributed by atoms with Gasteiger partial charge in [0.1, 0.15) is 18.5 Å². The molecule has 1 aromatic heterocycles. The molecule has 0 aliphatic rings. The number of esters is 1. The van der Waals surface area contributed by atoms with Crippen LogP contribution in [0.1, 0.15) is 52.5 Å². The van der Waals surface area contributed by atoms with Gasteiger partial charge in [-0.25, -0.2) is 14.8 Å². The summed E-state index contributed by atoms with van der Waals surface area (Å²) < 4.78 is 16.6. The average Bonchev–Trinajstić information content (AvgIpc) is 2.90. The lowest BCUT2D eigenvalue weighted by Gasteiger charge is -2.17. The van der Waals surface area contributed by atoms with E-state index in [1.54, 1.807) is 13.8 Å². The van der Waals surface area contributed by atoms with Gasteiger partial charge in [-0.1, -0.05) is 56.7 Å². The van der Waals surface area contributed by atoms with Gasteiger partial charge in [-0.05, 0) is 56.4 Å². The number of ether oxygens (including phenoxy) is 3. The summed E-state index contributed by atoms with van der Waals surface area (Å²) in [6, 6.07) is 16.2. The second-order valence-electron chi connectivity index (χ2n) is 8.69. The fourth-order valence-corrected chi connectivity index (χ4v) is 3.48. The maximum Gasteiger partial charge on any atom is 0.335 e. The van der Waals surface area contributed by atoms with Gasteiger partial charge in [0.15, 0.2) is 11.9 Å². The van der Waals surface area contributed by atoms with E-state index >= 15 is 0 Å². The van der Waals surface area contributed by atoms with E-state index in [4.69, 9.17) is 14.2 Å². The van der Waals surface area contributed by atoms with Crippen LogP contribution in [0.4, 0.5) is 0 Å². The van der Waals surface area contributed by atoms with Crippen molar-refractivity contribution >= 4 is 5.97 Å². The van der Waals surface area contributed by atoms with Gasteiger partial charge in [-0.2, -0.15) is 0 Å². The first kappa shape index (κ1) is 26.4. The third kappa shape index (κ3) is 8.18. The Labute approximate surface area is 208 Å². The average molecular weight is 477 g/mol. The fourth-order valence-electron chi connectivity index (χ4n) is 3.48. The number of aromatic nitrogens is 2. The summed E-state index contributed by atoms with van der Waals surface area (Å²) >= 11 is 0. The first-order valence-corrected chi connectivity index (χ1v) is 12.5. The van der Waals surface area contributed by atoms with Gasteiger partial charge in [0.2, 0.25) is 0 Å². The number of carbonyl (C=O) groups is 1. The van der Waals surface area contributed by atoms with Crippen LogP contribution in [0, 0.1) is 0 Å². The summed E-state index contributed by atoms with van der Waals surface area (Å²) in [5.74, 6) is 1.04. The van der Waals surface area contributed by atoms with E-state index in [-0.39, 0.29) is 18.7 Å². The maximum atomic E-state index is 12.0. The lowest BCUT2D eigenvalue weighted by Crippen LogP contribution is -2.30. The van der Waals surface area contributed by atoms with Crippen molar-refractivity contribution in [3.05, 3.63) is 66.5 Å². The second kappa shape index (κ2) is 13.6. The highest BCUT2D eigenvalue weighted by Crippen LogP contribution is 2.23. The molecule has 0 N–H and O–H groups in total. The molecule has 0 spiro atoms. The molecule has 0 amide bonds. The molecule has 3 aromatic rings. The quantitative estimate of drug-likeness (QED) is 0.270. The number of benzene rings is 2. The molecule has 0 aliphatic carbocycles. The highest BCUT2D eigenvalue weighted by atomic mass is 16.6. The summed E-state index contributed by atoms with van der Waals surface area (Å²) in [5, 5.41) is 0. The molecule has 2 aromatic carbocycles. The molecule has 0 aliphatic heterocycles. The zero-order chi connectivity index (χ0) is 25.0. The Kier molecular flexibility index (Phi) is 10.2. The Morgan fingerprint density at radius 1 is 0.857 bits per heavy atom. The van der Waals surface area contributed by atoms with Crippen molar-refractivity contribution in [2.24, 2.45) is 0 Å². The third-order valence-electron chi connectivity index (χ3n) is 5.58. The Bertz CT molecular complexity index is 1030. The van der Waals surface area contributed by atoms with Gasteiger partial charge in [-0.3, -0.25) is 0 Å². The van der Waals surface area contributed by atoms with Crippen LogP contribution in [0.15, 0.2) is 60.9 Å². The van der Waals surface area contributed by atoms with Gasteiger partial charge >= 0.3 is 5.97 Å². The van der Waals surface area contributed by atoms with Crippen LogP contribution < -0.4 is 4.74 Å². The monoisotopic (exact) mass is 476 g/mol. The lowest BCUT2D eigenvalue weighted by atomic mass is 10.1. The zero-order valence-electron chi connectivity index (χ0n) is 21.2. The summed E-state index contributed by atoms with van der Waals surface area (Å²) in [6.07, 6.45) is 7.09. The van der Waals surface area contributed by atoms with Crippen LogP contribution in [0.25, 0.3) is 22.5 Å². The normalized spacial score (nSPS) is 12.7. The molecule has 0 saturated heterocycles. The van der Waals surface area contributed by atoms with Gasteiger partial charge in [0.05, 0.1) is 0 Å². The van der Waals surface area contributed by atoms with Crippen LogP contribution in [-0.2, 0) is 20.7 Å². The Hall–Kier alpha value is -3.25. The van der Waals surface area contributed by atoms with Gasteiger partial charge in [-0.15, -0.1) is 0 Å². The molecule has 6 nitrogen and oxygen atoms in total. The van der Waals surface area contributed by atoms with E-state index < -0.39 is 6.10 Å². The van der Waals surface area contributed by atoms with E-state index in [2.05, 4.69) is 41.2 Å². The summed E-state index contributed by atoms with van der Waals surface area (Å²) in [5.41, 5.74) is 4.29. The van der Waals surface area contributed by atoms with Gasteiger partial charge < -0.3 is 14.2 Å². The van der Waals surface area contributed by atoms with E-state index in [9.17, 15) is 4.79 Å². The molecule has 0 fully saturated rings. The van der Waals surface area contributed by atoms with E-state index in [0.717, 1.165) is 29.5 Å². The SMILES string of the molecule is CCCCc1ccc(-c2ncc(-c3ccc(OCC(C)OC(=O)C(C)OCCC)cc3)cn2)cc1. The van der Waals surface area contributed by atoms with Crippen molar-refractivity contribution in [2.45, 2.75) is 65.6 Å². The molecule has 1 heterocycles. The smallest absolute Gasteiger partial charge is 0.335 e. The minimum absolute atomic E-state index is 0.265. The van der Waals surface area contributed by atoms with Crippen LogP contribution in [-0.4, -0.2) is 41.4 Å². The minimum atomic E-state index is -0.574. The Morgan fingerprint density at radius 2 is 1.51 bits per heavy atom. The van der Waals surface area contributed by atoms with Crippen LogP contribution in [0.2, 0.25) is 0 Å². The predicted molar refractivity (Wildman–Crippen MR) is 138 cm³/mol. The minimum Gasteiger partial charge on any atom is -0.490 e. The summed E-state index contributed by atoms with van der Waals surface area (Å²) in [6.45, 7) is 8.50. The largest absolute Gasteiger partial charge is 0.490 e. The Balaban J connectivity index is 1.51. The van der Waals surface area contributed by atoms with E-state index in [0.29, 0.717) is 18.2 Å². The standard InChI is InChI=1S/C29H36N2O4/c1-5-7-8-23-9-11-25(12-10-23)28-30-18-26(19-31-28)24-13-15-27(16-14-24)34-20-21(3)35-29(32)22(4)33-17-6-2/h9-16,18-19,21-22H,5-8,17,20H2,1-4H3. The topological polar surface area (TPSA) is 70.5 Å².